The van der Waals surface area contributed by atoms with Crippen molar-refractivity contribution in [3.63, 3.8) is 0 Å². The summed E-state index contributed by atoms with van der Waals surface area (Å²) in [7, 11) is 0. The quantitative estimate of drug-likeness (QED) is 0.672. The smallest absolute Gasteiger partial charge is 0.341 e. The standard InChI is InChI=1S/C20H16N2O6S/c23-17(21-14-4-2-1-3-5-14)11-22-19(26)16(29-20(22)27)10-13-6-8-15(9-7-13)28-12-18(24)25/h1-10H,11-12H2,(H,21,23)(H,24,25)/b16-10+. The van der Waals surface area contributed by atoms with E-state index in [2.05, 4.69) is 5.32 Å². The van der Waals surface area contributed by atoms with Gasteiger partial charge in [0.15, 0.2) is 6.61 Å². The zero-order chi connectivity index (χ0) is 20.8. The molecule has 1 saturated heterocycles. The summed E-state index contributed by atoms with van der Waals surface area (Å²) in [4.78, 5) is 48.4. The molecule has 0 bridgehead atoms. The minimum absolute atomic E-state index is 0.196. The van der Waals surface area contributed by atoms with E-state index in [-0.39, 0.29) is 11.4 Å². The Labute approximate surface area is 170 Å². The summed E-state index contributed by atoms with van der Waals surface area (Å²) in [5, 5.41) is 10.7. The number of carboxylic acids is 1. The Balaban J connectivity index is 1.63. The predicted molar refractivity (Wildman–Crippen MR) is 107 cm³/mol. The fourth-order valence-corrected chi connectivity index (χ4v) is 3.30. The van der Waals surface area contributed by atoms with Crippen LogP contribution >= 0.6 is 11.8 Å². The Hall–Kier alpha value is -3.59. The van der Waals surface area contributed by atoms with Gasteiger partial charge < -0.3 is 15.2 Å². The molecule has 2 N–H and O–H groups in total. The number of benzene rings is 2. The van der Waals surface area contributed by atoms with Crippen molar-refractivity contribution in [1.82, 2.24) is 4.90 Å². The van der Waals surface area contributed by atoms with Crippen LogP contribution in [-0.2, 0) is 14.4 Å². The van der Waals surface area contributed by atoms with E-state index >= 15 is 0 Å². The first-order chi connectivity index (χ1) is 13.9. The molecule has 8 nitrogen and oxygen atoms in total. The number of hydrogen-bond donors (Lipinski definition) is 2. The Morgan fingerprint density at radius 3 is 2.41 bits per heavy atom. The van der Waals surface area contributed by atoms with Crippen LogP contribution in [0.5, 0.6) is 5.75 Å². The van der Waals surface area contributed by atoms with Gasteiger partial charge in [0.05, 0.1) is 4.91 Å². The average Bonchev–Trinajstić information content (AvgIpc) is 2.95. The Morgan fingerprint density at radius 1 is 1.07 bits per heavy atom. The molecule has 2 aromatic rings. The second-order valence-electron chi connectivity index (χ2n) is 5.93. The molecule has 0 radical (unpaired) electrons. The van der Waals surface area contributed by atoms with Gasteiger partial charge in [-0.25, -0.2) is 4.79 Å². The maximum Gasteiger partial charge on any atom is 0.341 e. The lowest BCUT2D eigenvalue weighted by Gasteiger charge is -2.12. The van der Waals surface area contributed by atoms with Crippen molar-refractivity contribution in [2.75, 3.05) is 18.5 Å². The molecule has 148 valence electrons. The molecule has 0 atom stereocenters. The van der Waals surface area contributed by atoms with Gasteiger partial charge in [-0.1, -0.05) is 30.3 Å². The van der Waals surface area contributed by atoms with Gasteiger partial charge in [0.25, 0.3) is 11.1 Å². The Kier molecular flexibility index (Phi) is 6.30. The summed E-state index contributed by atoms with van der Waals surface area (Å²) in [5.41, 5.74) is 1.21. The maximum atomic E-state index is 12.5. The molecule has 2 aromatic carbocycles. The number of imide groups is 1. The molecule has 29 heavy (non-hydrogen) atoms. The third-order valence-corrected chi connectivity index (χ3v) is 4.68. The van der Waals surface area contributed by atoms with Gasteiger partial charge in [0.1, 0.15) is 12.3 Å². The third-order valence-electron chi connectivity index (χ3n) is 3.77. The van der Waals surface area contributed by atoms with Crippen LogP contribution in [0, 0.1) is 0 Å². The molecule has 3 amide bonds. The molecule has 3 rings (SSSR count). The van der Waals surface area contributed by atoms with Gasteiger partial charge >= 0.3 is 5.97 Å². The van der Waals surface area contributed by atoms with E-state index in [1.54, 1.807) is 48.5 Å². The Bertz CT molecular complexity index is 972. The number of nitrogens with zero attached hydrogens (tertiary/aromatic N) is 1. The fourth-order valence-electron chi connectivity index (χ4n) is 2.46. The highest BCUT2D eigenvalue weighted by Gasteiger charge is 2.36. The number of hydrogen-bond acceptors (Lipinski definition) is 6. The number of ether oxygens (including phenoxy) is 1. The average molecular weight is 412 g/mol. The molecule has 0 aliphatic carbocycles. The van der Waals surface area contributed by atoms with Crippen LogP contribution in [-0.4, -0.2) is 46.2 Å². The molecule has 0 aromatic heterocycles. The van der Waals surface area contributed by atoms with E-state index in [0.717, 1.165) is 16.7 Å². The number of aliphatic carboxylic acids is 1. The number of carbonyl (C=O) groups is 4. The highest BCUT2D eigenvalue weighted by molar-refractivity contribution is 8.18. The van der Waals surface area contributed by atoms with E-state index in [1.165, 1.54) is 6.08 Å². The molecule has 9 heteroatoms. The van der Waals surface area contributed by atoms with Crippen molar-refractivity contribution in [1.29, 1.82) is 0 Å². The monoisotopic (exact) mass is 412 g/mol. The summed E-state index contributed by atoms with van der Waals surface area (Å²) in [6, 6.07) is 15.1. The summed E-state index contributed by atoms with van der Waals surface area (Å²) < 4.78 is 5.04. The van der Waals surface area contributed by atoms with Crippen molar-refractivity contribution in [2.45, 2.75) is 0 Å². The maximum absolute atomic E-state index is 12.5. The van der Waals surface area contributed by atoms with Crippen LogP contribution < -0.4 is 10.1 Å². The SMILES string of the molecule is O=C(O)COc1ccc(/C=C2/SC(=O)N(CC(=O)Nc3ccccc3)C2=O)cc1. The van der Waals surface area contributed by atoms with Crippen molar-refractivity contribution in [3.05, 3.63) is 65.1 Å². The second kappa shape index (κ2) is 9.07. The minimum atomic E-state index is -1.08. The summed E-state index contributed by atoms with van der Waals surface area (Å²) in [6.45, 7) is -0.831. The number of rotatable bonds is 7. The van der Waals surface area contributed by atoms with E-state index in [4.69, 9.17) is 9.84 Å². The van der Waals surface area contributed by atoms with Gasteiger partial charge in [-0.15, -0.1) is 0 Å². The first kappa shape index (κ1) is 20.2. The number of thioether (sulfide) groups is 1. The zero-order valence-electron chi connectivity index (χ0n) is 15.0. The van der Waals surface area contributed by atoms with Crippen LogP contribution in [0.15, 0.2) is 59.5 Å². The minimum Gasteiger partial charge on any atom is -0.482 e. The molecule has 0 saturated carbocycles. The van der Waals surface area contributed by atoms with E-state index in [1.807, 2.05) is 6.07 Å². The van der Waals surface area contributed by atoms with Crippen molar-refractivity contribution >= 4 is 46.5 Å². The molecule has 1 aliphatic rings. The number of nitrogens with one attached hydrogen (secondary N) is 1. The van der Waals surface area contributed by atoms with Crippen LogP contribution in [0.25, 0.3) is 6.08 Å². The predicted octanol–water partition coefficient (Wildman–Crippen LogP) is 2.83. The van der Waals surface area contributed by atoms with Crippen LogP contribution in [0.2, 0.25) is 0 Å². The van der Waals surface area contributed by atoms with Crippen LogP contribution in [0.4, 0.5) is 10.5 Å². The highest BCUT2D eigenvalue weighted by atomic mass is 32.2. The van der Waals surface area contributed by atoms with Gasteiger partial charge in [0.2, 0.25) is 5.91 Å². The molecule has 1 fully saturated rings. The highest BCUT2D eigenvalue weighted by Crippen LogP contribution is 2.32. The third kappa shape index (κ3) is 5.45. The molecule has 0 unspecified atom stereocenters. The first-order valence-electron chi connectivity index (χ1n) is 8.47. The normalized spacial score (nSPS) is 14.9. The van der Waals surface area contributed by atoms with Crippen LogP contribution in [0.1, 0.15) is 5.56 Å². The summed E-state index contributed by atoms with van der Waals surface area (Å²) >= 11 is 0.753. The molecule has 1 heterocycles. The summed E-state index contributed by atoms with van der Waals surface area (Å²) in [5.74, 6) is -1.73. The number of carboxylic acid groups (broad SMARTS) is 1. The number of carbonyl (C=O) groups excluding carboxylic acids is 3. The molecular formula is C20H16N2O6S. The largest absolute Gasteiger partial charge is 0.482 e. The van der Waals surface area contributed by atoms with Crippen LogP contribution in [0.3, 0.4) is 0 Å². The Morgan fingerprint density at radius 2 is 1.76 bits per heavy atom. The van der Waals surface area contributed by atoms with Gasteiger partial charge in [-0.05, 0) is 47.7 Å². The fraction of sp³-hybridized carbons (Fsp3) is 0.100. The number of para-hydroxylation sites is 1. The lowest BCUT2D eigenvalue weighted by Crippen LogP contribution is -2.36. The van der Waals surface area contributed by atoms with Crippen molar-refractivity contribution < 1.29 is 29.0 Å². The van der Waals surface area contributed by atoms with E-state index in [0.29, 0.717) is 17.0 Å². The number of anilines is 1. The van der Waals surface area contributed by atoms with E-state index < -0.39 is 29.6 Å². The molecule has 1 aliphatic heterocycles. The lowest BCUT2D eigenvalue weighted by molar-refractivity contribution is -0.139. The number of amides is 3. The van der Waals surface area contributed by atoms with Gasteiger partial charge in [-0.2, -0.15) is 0 Å². The second-order valence-corrected chi connectivity index (χ2v) is 6.93. The zero-order valence-corrected chi connectivity index (χ0v) is 15.8. The molecular weight excluding hydrogens is 396 g/mol. The summed E-state index contributed by atoms with van der Waals surface area (Å²) in [6.07, 6.45) is 1.53. The van der Waals surface area contributed by atoms with Crippen molar-refractivity contribution in [2.24, 2.45) is 0 Å². The van der Waals surface area contributed by atoms with Gasteiger partial charge in [-0.3, -0.25) is 19.3 Å². The van der Waals surface area contributed by atoms with Crippen molar-refractivity contribution in [3.8, 4) is 5.75 Å². The first-order valence-corrected chi connectivity index (χ1v) is 9.29. The lowest BCUT2D eigenvalue weighted by atomic mass is 10.2. The van der Waals surface area contributed by atoms with E-state index in [9.17, 15) is 19.2 Å². The van der Waals surface area contributed by atoms with Gasteiger partial charge in [0, 0.05) is 5.69 Å². The molecule has 0 spiro atoms. The topological polar surface area (TPSA) is 113 Å².